The Morgan fingerprint density at radius 3 is 2.59 bits per heavy atom. The van der Waals surface area contributed by atoms with Crippen LogP contribution in [-0.4, -0.2) is 33.0 Å². The van der Waals surface area contributed by atoms with Crippen molar-refractivity contribution < 1.29 is 9.90 Å². The van der Waals surface area contributed by atoms with Crippen LogP contribution in [0.5, 0.6) is 5.75 Å². The Hall–Kier alpha value is -1.58. The van der Waals surface area contributed by atoms with Gasteiger partial charge in [0, 0.05) is 18.3 Å². The number of likely N-dealkylation sites (tertiary alicyclic amines) is 1. The van der Waals surface area contributed by atoms with Crippen LogP contribution in [0.15, 0.2) is 18.5 Å². The number of aromatic hydroxyl groups is 1. The second kappa shape index (κ2) is 4.73. The Bertz CT molecular complexity index is 410. The number of hydrogen-bond acceptors (Lipinski definition) is 3. The van der Waals surface area contributed by atoms with Crippen LogP contribution in [0.1, 0.15) is 43.5 Å². The van der Waals surface area contributed by atoms with E-state index in [4.69, 9.17) is 0 Å². The van der Waals surface area contributed by atoms with Crippen molar-refractivity contribution in [2.24, 2.45) is 0 Å². The van der Waals surface area contributed by atoms with Gasteiger partial charge in [-0.05, 0) is 39.2 Å². The Balaban J connectivity index is 2.24. The van der Waals surface area contributed by atoms with Crippen molar-refractivity contribution in [2.45, 2.75) is 45.2 Å². The first kappa shape index (κ1) is 11.9. The van der Waals surface area contributed by atoms with Crippen LogP contribution >= 0.6 is 0 Å². The van der Waals surface area contributed by atoms with E-state index in [1.807, 2.05) is 4.90 Å². The molecule has 1 aromatic rings. The molecule has 1 fully saturated rings. The fraction of sp³-hybridized carbons (Fsp3) is 0.538. The van der Waals surface area contributed by atoms with Gasteiger partial charge >= 0.3 is 0 Å². The maximum absolute atomic E-state index is 12.3. The molecule has 92 valence electrons. The van der Waals surface area contributed by atoms with Crippen molar-refractivity contribution in [3.8, 4) is 5.75 Å². The first-order chi connectivity index (χ1) is 8.09. The number of piperidine rings is 1. The molecule has 1 saturated heterocycles. The molecule has 2 heterocycles. The molecule has 1 N–H and O–H groups in total. The van der Waals surface area contributed by atoms with Crippen LogP contribution in [0.3, 0.4) is 0 Å². The minimum absolute atomic E-state index is 0.0342. The molecule has 0 unspecified atom stereocenters. The monoisotopic (exact) mass is 234 g/mol. The second-order valence-corrected chi connectivity index (χ2v) is 4.77. The molecule has 1 aromatic heterocycles. The Labute approximate surface area is 101 Å². The number of aromatic nitrogens is 1. The summed E-state index contributed by atoms with van der Waals surface area (Å²) in [5.41, 5.74) is 0.464. The number of amides is 1. The largest absolute Gasteiger partial charge is 0.506 e. The van der Waals surface area contributed by atoms with Crippen LogP contribution in [0, 0.1) is 0 Å². The van der Waals surface area contributed by atoms with Crippen LogP contribution in [0.4, 0.5) is 0 Å². The van der Waals surface area contributed by atoms with Crippen molar-refractivity contribution in [3.63, 3.8) is 0 Å². The maximum atomic E-state index is 12.3. The lowest BCUT2D eigenvalue weighted by Gasteiger charge is -2.39. The molecule has 17 heavy (non-hydrogen) atoms. The zero-order valence-corrected chi connectivity index (χ0v) is 10.3. The topological polar surface area (TPSA) is 53.4 Å². The highest BCUT2D eigenvalue weighted by atomic mass is 16.3. The summed E-state index contributed by atoms with van der Waals surface area (Å²) in [6.07, 6.45) is 6.10. The van der Waals surface area contributed by atoms with Gasteiger partial charge in [-0.3, -0.25) is 9.78 Å². The summed E-state index contributed by atoms with van der Waals surface area (Å²) in [4.78, 5) is 18.1. The third-order valence-electron chi connectivity index (χ3n) is 3.40. The number of nitrogens with zero attached hydrogens (tertiary/aromatic N) is 2. The third-order valence-corrected chi connectivity index (χ3v) is 3.40. The Kier molecular flexibility index (Phi) is 3.31. The number of carbonyl (C=O) groups is 1. The molecule has 4 heteroatoms. The molecule has 1 amide bonds. The van der Waals surface area contributed by atoms with Crippen molar-refractivity contribution in [1.29, 1.82) is 0 Å². The second-order valence-electron chi connectivity index (χ2n) is 4.77. The summed E-state index contributed by atoms with van der Waals surface area (Å²) in [6, 6.07) is 1.99. The van der Waals surface area contributed by atoms with Crippen LogP contribution in [-0.2, 0) is 0 Å². The molecule has 0 bridgehead atoms. The summed E-state index contributed by atoms with van der Waals surface area (Å²) in [5, 5.41) is 9.36. The van der Waals surface area contributed by atoms with Gasteiger partial charge in [0.25, 0.3) is 5.91 Å². The predicted molar refractivity (Wildman–Crippen MR) is 64.8 cm³/mol. The predicted octanol–water partition coefficient (Wildman–Crippen LogP) is 2.19. The summed E-state index contributed by atoms with van der Waals surface area (Å²) in [7, 11) is 0. The summed E-state index contributed by atoms with van der Waals surface area (Å²) < 4.78 is 0. The van der Waals surface area contributed by atoms with Gasteiger partial charge in [-0.25, -0.2) is 0 Å². The van der Waals surface area contributed by atoms with Crippen molar-refractivity contribution in [1.82, 2.24) is 9.88 Å². The van der Waals surface area contributed by atoms with E-state index in [1.165, 1.54) is 24.9 Å². The number of carbonyl (C=O) groups excluding carboxylic acids is 1. The van der Waals surface area contributed by atoms with Gasteiger partial charge in [0.2, 0.25) is 0 Å². The van der Waals surface area contributed by atoms with E-state index in [-0.39, 0.29) is 23.7 Å². The first-order valence-corrected chi connectivity index (χ1v) is 6.06. The van der Waals surface area contributed by atoms with Gasteiger partial charge in [-0.1, -0.05) is 0 Å². The molecule has 0 aromatic carbocycles. The fourth-order valence-electron chi connectivity index (χ4n) is 2.52. The van der Waals surface area contributed by atoms with Gasteiger partial charge in [-0.15, -0.1) is 0 Å². The molecule has 0 radical (unpaired) electrons. The highest BCUT2D eigenvalue weighted by Gasteiger charge is 2.29. The van der Waals surface area contributed by atoms with E-state index < -0.39 is 0 Å². The highest BCUT2D eigenvalue weighted by molar-refractivity contribution is 5.94. The van der Waals surface area contributed by atoms with E-state index in [0.29, 0.717) is 5.56 Å². The molecule has 2 rings (SSSR count). The minimum Gasteiger partial charge on any atom is -0.506 e. The Morgan fingerprint density at radius 1 is 1.35 bits per heavy atom. The maximum Gasteiger partial charge on any atom is 0.256 e. The fourth-order valence-corrected chi connectivity index (χ4v) is 2.52. The lowest BCUT2D eigenvalue weighted by molar-refractivity contribution is 0.0510. The van der Waals surface area contributed by atoms with Crippen LogP contribution in [0.2, 0.25) is 0 Å². The van der Waals surface area contributed by atoms with Gasteiger partial charge in [-0.2, -0.15) is 0 Å². The van der Waals surface area contributed by atoms with Crippen molar-refractivity contribution in [3.05, 3.63) is 24.0 Å². The smallest absolute Gasteiger partial charge is 0.256 e. The third kappa shape index (κ3) is 2.40. The van der Waals surface area contributed by atoms with E-state index in [9.17, 15) is 9.90 Å². The number of rotatable bonds is 1. The number of pyridine rings is 1. The summed E-state index contributed by atoms with van der Waals surface area (Å²) >= 11 is 0. The van der Waals surface area contributed by atoms with E-state index in [2.05, 4.69) is 18.8 Å². The molecule has 0 aliphatic carbocycles. The van der Waals surface area contributed by atoms with Gasteiger partial charge < -0.3 is 10.0 Å². The molecule has 1 aliphatic rings. The molecule has 2 atom stereocenters. The molecular weight excluding hydrogens is 216 g/mol. The molecule has 0 spiro atoms. The standard InChI is InChI=1S/C13H18N2O2/c1-9-4-3-5-10(2)15(9)13(17)11-6-12(16)8-14-7-11/h6-10,16H,3-5H2,1-2H3/t9-,10+. The Morgan fingerprint density at radius 2 is 2.00 bits per heavy atom. The first-order valence-electron chi connectivity index (χ1n) is 6.06. The van der Waals surface area contributed by atoms with Crippen molar-refractivity contribution in [2.75, 3.05) is 0 Å². The summed E-state index contributed by atoms with van der Waals surface area (Å²) in [6.45, 7) is 4.15. The van der Waals surface area contributed by atoms with E-state index >= 15 is 0 Å². The van der Waals surface area contributed by atoms with E-state index in [0.717, 1.165) is 12.8 Å². The molecular formula is C13H18N2O2. The molecule has 4 nitrogen and oxygen atoms in total. The lowest BCUT2D eigenvalue weighted by atomic mass is 9.96. The van der Waals surface area contributed by atoms with Gasteiger partial charge in [0.1, 0.15) is 5.75 Å². The number of hydrogen-bond donors (Lipinski definition) is 1. The van der Waals surface area contributed by atoms with Gasteiger partial charge in [0.05, 0.1) is 11.8 Å². The molecule has 0 saturated carbocycles. The van der Waals surface area contributed by atoms with E-state index in [1.54, 1.807) is 0 Å². The zero-order chi connectivity index (χ0) is 12.4. The quantitative estimate of drug-likeness (QED) is 0.810. The average molecular weight is 234 g/mol. The summed E-state index contributed by atoms with van der Waals surface area (Å²) in [5.74, 6) is 0.00117. The normalized spacial score (nSPS) is 24.7. The average Bonchev–Trinajstić information content (AvgIpc) is 2.28. The SMILES string of the molecule is C[C@@H]1CCC[C@H](C)N1C(=O)c1cncc(O)c1. The highest BCUT2D eigenvalue weighted by Crippen LogP contribution is 2.25. The van der Waals surface area contributed by atoms with Crippen molar-refractivity contribution >= 4 is 5.91 Å². The molecule has 1 aliphatic heterocycles. The van der Waals surface area contributed by atoms with Crippen LogP contribution in [0.25, 0.3) is 0 Å². The lowest BCUT2D eigenvalue weighted by Crippen LogP contribution is -2.47. The van der Waals surface area contributed by atoms with Gasteiger partial charge in [0.15, 0.2) is 0 Å². The van der Waals surface area contributed by atoms with Crippen LogP contribution < -0.4 is 0 Å². The minimum atomic E-state index is -0.0342. The zero-order valence-electron chi connectivity index (χ0n) is 10.3.